The van der Waals surface area contributed by atoms with Crippen LogP contribution in [0.4, 0.5) is 0 Å². The zero-order valence-corrected chi connectivity index (χ0v) is 21.0. The van der Waals surface area contributed by atoms with Crippen molar-refractivity contribution in [2.45, 2.75) is 31.6 Å². The molecular weight excluding hydrogens is 462 g/mol. The Balaban J connectivity index is 1.76. The lowest BCUT2D eigenvalue weighted by Gasteiger charge is -2.36. The fourth-order valence-corrected chi connectivity index (χ4v) is 5.02. The van der Waals surface area contributed by atoms with Crippen LogP contribution in [0, 0.1) is 0 Å². The van der Waals surface area contributed by atoms with Gasteiger partial charge in [0.15, 0.2) is 17.3 Å². The normalized spacial score (nSPS) is 19.3. The topological polar surface area (TPSA) is 100 Å². The number of dihydropyridines is 1. The first-order valence-electron chi connectivity index (χ1n) is 11.5. The lowest BCUT2D eigenvalue weighted by atomic mass is 9.71. The van der Waals surface area contributed by atoms with Gasteiger partial charge in [-0.05, 0) is 54.7 Å². The summed E-state index contributed by atoms with van der Waals surface area (Å²) in [6.45, 7) is 1.80. The van der Waals surface area contributed by atoms with Crippen LogP contribution in [0.15, 0.2) is 65.0 Å². The van der Waals surface area contributed by atoms with Gasteiger partial charge in [0.2, 0.25) is 0 Å². The summed E-state index contributed by atoms with van der Waals surface area (Å²) in [4.78, 5) is 38.4. The molecule has 1 N–H and O–H groups in total. The first-order valence-corrected chi connectivity index (χ1v) is 11.5. The van der Waals surface area contributed by atoms with Gasteiger partial charge in [-0.2, -0.15) is 0 Å². The minimum Gasteiger partial charge on any atom is -0.493 e. The molecule has 2 aromatic rings. The molecule has 0 saturated carbocycles. The van der Waals surface area contributed by atoms with Gasteiger partial charge in [0.25, 0.3) is 0 Å². The molecule has 4 rings (SSSR count). The quantitative estimate of drug-likeness (QED) is 0.605. The first-order chi connectivity index (χ1) is 17.3. The SMILES string of the molecule is COC(=O)C1=C(C)NC2=C(C(=O)CC(c3ccc(OC)c(OC)c3)C2)C1c1ccc(C(=O)OC)cc1. The molecule has 2 aromatic carbocycles. The fraction of sp³-hybridized carbons (Fsp3) is 0.321. The van der Waals surface area contributed by atoms with Crippen molar-refractivity contribution in [1.29, 1.82) is 0 Å². The highest BCUT2D eigenvalue weighted by atomic mass is 16.5. The van der Waals surface area contributed by atoms with Crippen molar-refractivity contribution in [2.24, 2.45) is 0 Å². The van der Waals surface area contributed by atoms with Gasteiger partial charge in [-0.15, -0.1) is 0 Å². The number of hydrogen-bond acceptors (Lipinski definition) is 8. The van der Waals surface area contributed by atoms with Gasteiger partial charge in [-0.3, -0.25) is 4.79 Å². The number of carbonyl (C=O) groups is 3. The maximum Gasteiger partial charge on any atom is 0.337 e. The molecule has 0 fully saturated rings. The molecular formula is C28H29NO7. The second kappa shape index (κ2) is 10.3. The Kier molecular flexibility index (Phi) is 7.15. The highest BCUT2D eigenvalue weighted by Gasteiger charge is 2.41. The molecule has 0 aromatic heterocycles. The lowest BCUT2D eigenvalue weighted by molar-refractivity contribution is -0.136. The van der Waals surface area contributed by atoms with Crippen molar-refractivity contribution >= 4 is 17.7 Å². The van der Waals surface area contributed by atoms with E-state index in [0.29, 0.717) is 45.9 Å². The van der Waals surface area contributed by atoms with Crippen LogP contribution in [-0.4, -0.2) is 46.2 Å². The number of esters is 2. The number of ketones is 1. The van der Waals surface area contributed by atoms with E-state index >= 15 is 0 Å². The lowest BCUT2D eigenvalue weighted by Crippen LogP contribution is -2.36. The van der Waals surface area contributed by atoms with Crippen molar-refractivity contribution in [3.8, 4) is 11.5 Å². The van der Waals surface area contributed by atoms with Crippen LogP contribution in [0.5, 0.6) is 11.5 Å². The largest absolute Gasteiger partial charge is 0.493 e. The zero-order valence-electron chi connectivity index (χ0n) is 21.0. The van der Waals surface area contributed by atoms with Gasteiger partial charge in [-0.1, -0.05) is 18.2 Å². The molecule has 36 heavy (non-hydrogen) atoms. The van der Waals surface area contributed by atoms with E-state index in [0.717, 1.165) is 11.3 Å². The fourth-order valence-electron chi connectivity index (χ4n) is 5.02. The van der Waals surface area contributed by atoms with Crippen molar-refractivity contribution in [2.75, 3.05) is 28.4 Å². The molecule has 2 aliphatic rings. The van der Waals surface area contributed by atoms with Gasteiger partial charge in [0.1, 0.15) is 0 Å². The molecule has 1 aliphatic carbocycles. The van der Waals surface area contributed by atoms with Crippen LogP contribution >= 0.6 is 0 Å². The van der Waals surface area contributed by atoms with Crippen LogP contribution in [0.3, 0.4) is 0 Å². The summed E-state index contributed by atoms with van der Waals surface area (Å²) in [5.74, 6) is -0.485. The number of nitrogens with one attached hydrogen (secondary N) is 1. The van der Waals surface area contributed by atoms with Crippen molar-refractivity contribution in [3.05, 3.63) is 81.7 Å². The minimum absolute atomic E-state index is 0.0560. The maximum atomic E-state index is 13.7. The van der Waals surface area contributed by atoms with Crippen LogP contribution in [0.1, 0.15) is 53.1 Å². The van der Waals surface area contributed by atoms with Crippen molar-refractivity contribution < 1.29 is 33.3 Å². The Morgan fingerprint density at radius 3 is 2.08 bits per heavy atom. The number of methoxy groups -OCH3 is 4. The predicted octanol–water partition coefficient (Wildman–Crippen LogP) is 4.03. The summed E-state index contributed by atoms with van der Waals surface area (Å²) in [5.41, 5.74) is 4.39. The Hall–Kier alpha value is -4.07. The number of Topliss-reactive ketones (excluding diaryl/α,β-unsaturated/α-hetero) is 1. The van der Waals surface area contributed by atoms with Gasteiger partial charge in [0, 0.05) is 29.3 Å². The smallest absolute Gasteiger partial charge is 0.337 e. The summed E-state index contributed by atoms with van der Waals surface area (Å²) < 4.78 is 20.7. The number of rotatable bonds is 6. The van der Waals surface area contributed by atoms with Gasteiger partial charge in [-0.25, -0.2) is 9.59 Å². The van der Waals surface area contributed by atoms with Gasteiger partial charge < -0.3 is 24.3 Å². The molecule has 0 bridgehead atoms. The second-order valence-corrected chi connectivity index (χ2v) is 8.74. The zero-order chi connectivity index (χ0) is 26.0. The maximum absolute atomic E-state index is 13.7. The number of allylic oxidation sites excluding steroid dienone is 3. The summed E-state index contributed by atoms with van der Waals surface area (Å²) >= 11 is 0. The third kappa shape index (κ3) is 4.46. The van der Waals surface area contributed by atoms with Gasteiger partial charge >= 0.3 is 11.9 Å². The molecule has 1 aliphatic heterocycles. The number of hydrogen-bond donors (Lipinski definition) is 1. The molecule has 1 heterocycles. The summed E-state index contributed by atoms with van der Waals surface area (Å²) in [6, 6.07) is 12.4. The average Bonchev–Trinajstić information content (AvgIpc) is 2.90. The highest BCUT2D eigenvalue weighted by molar-refractivity contribution is 6.04. The highest BCUT2D eigenvalue weighted by Crippen LogP contribution is 2.46. The molecule has 8 heteroatoms. The Bertz CT molecular complexity index is 1270. The number of carbonyl (C=O) groups excluding carboxylic acids is 3. The monoisotopic (exact) mass is 491 g/mol. The Morgan fingerprint density at radius 1 is 0.833 bits per heavy atom. The van der Waals surface area contributed by atoms with Crippen LogP contribution in [0.25, 0.3) is 0 Å². The van der Waals surface area contributed by atoms with Crippen LogP contribution in [-0.2, 0) is 19.1 Å². The van der Waals surface area contributed by atoms with E-state index in [1.807, 2.05) is 18.2 Å². The molecule has 0 radical (unpaired) electrons. The van der Waals surface area contributed by atoms with Crippen LogP contribution in [0.2, 0.25) is 0 Å². The van der Waals surface area contributed by atoms with Crippen LogP contribution < -0.4 is 14.8 Å². The van der Waals surface area contributed by atoms with E-state index in [9.17, 15) is 14.4 Å². The number of ether oxygens (including phenoxy) is 4. The van der Waals surface area contributed by atoms with E-state index < -0.39 is 17.9 Å². The van der Waals surface area contributed by atoms with Gasteiger partial charge in [0.05, 0.1) is 39.6 Å². The second-order valence-electron chi connectivity index (χ2n) is 8.74. The molecule has 8 nitrogen and oxygen atoms in total. The summed E-state index contributed by atoms with van der Waals surface area (Å²) in [5, 5.41) is 3.31. The van der Waals surface area contributed by atoms with E-state index in [1.165, 1.54) is 14.2 Å². The molecule has 188 valence electrons. The first kappa shape index (κ1) is 25.0. The summed E-state index contributed by atoms with van der Waals surface area (Å²) in [6.07, 6.45) is 0.860. The molecule has 0 amide bonds. The van der Waals surface area contributed by atoms with E-state index in [2.05, 4.69) is 5.32 Å². The van der Waals surface area contributed by atoms with Crippen molar-refractivity contribution in [1.82, 2.24) is 5.32 Å². The molecule has 2 atom stereocenters. The van der Waals surface area contributed by atoms with E-state index in [1.54, 1.807) is 45.4 Å². The molecule has 0 spiro atoms. The molecule has 2 unspecified atom stereocenters. The Morgan fingerprint density at radius 2 is 1.47 bits per heavy atom. The third-order valence-electron chi connectivity index (χ3n) is 6.78. The summed E-state index contributed by atoms with van der Waals surface area (Å²) in [7, 11) is 5.79. The number of benzene rings is 2. The van der Waals surface area contributed by atoms with E-state index in [4.69, 9.17) is 18.9 Å². The average molecular weight is 492 g/mol. The Labute approximate surface area is 209 Å². The third-order valence-corrected chi connectivity index (χ3v) is 6.78. The predicted molar refractivity (Wildman–Crippen MR) is 132 cm³/mol. The minimum atomic E-state index is -0.612. The molecule has 0 saturated heterocycles. The van der Waals surface area contributed by atoms with Crippen molar-refractivity contribution in [3.63, 3.8) is 0 Å². The standard InChI is InChI=1S/C28H29NO7/c1-15-24(28(32)36-5)25(16-6-8-17(9-7-16)27(31)35-4)26-20(29-15)12-19(13-21(26)30)18-10-11-22(33-2)23(14-18)34-3/h6-11,14,19,25,29H,12-13H2,1-5H3. The van der Waals surface area contributed by atoms with E-state index in [-0.39, 0.29) is 18.1 Å².